The van der Waals surface area contributed by atoms with E-state index >= 15 is 0 Å². The highest BCUT2D eigenvalue weighted by Gasteiger charge is 2.29. The van der Waals surface area contributed by atoms with Crippen molar-refractivity contribution in [2.75, 3.05) is 13.1 Å². The number of carboxylic acids is 1. The molecule has 4 N–H and O–H groups in total. The van der Waals surface area contributed by atoms with E-state index in [0.29, 0.717) is 31.6 Å². The lowest BCUT2D eigenvalue weighted by Gasteiger charge is -2.33. The number of urea groups is 1. The standard InChI is InChI=1S/C23H25N7O4/c1-13-9-14(10-15-12-25-28-19(13)15)11-17(21(31)32)26-22(33)29-7-4-16(5-8-29)30-18-3-2-6-24-20(18)27-23(30)34/h2-3,6,9-10,12,16-17H,4-5,7-8,11H2,1H3,(H,25,28)(H,26,33)(H,31,32)(H,24,27,34)/t17-/m1/s1. The first kappa shape index (κ1) is 21.7. The van der Waals surface area contributed by atoms with Crippen LogP contribution in [0.5, 0.6) is 0 Å². The number of likely N-dealkylation sites (tertiary alicyclic amines) is 1. The fourth-order valence-electron chi connectivity index (χ4n) is 4.75. The molecule has 0 spiro atoms. The first-order valence-corrected chi connectivity index (χ1v) is 11.2. The number of carbonyl (C=O) groups is 2. The lowest BCUT2D eigenvalue weighted by molar-refractivity contribution is -0.139. The molecular weight excluding hydrogens is 438 g/mol. The number of hydrogen-bond donors (Lipinski definition) is 4. The minimum Gasteiger partial charge on any atom is -0.480 e. The third kappa shape index (κ3) is 4.00. The molecule has 1 aliphatic heterocycles. The number of carbonyl (C=O) groups excluding carboxylic acids is 1. The predicted molar refractivity (Wildman–Crippen MR) is 125 cm³/mol. The van der Waals surface area contributed by atoms with Crippen LogP contribution in [-0.4, -0.2) is 65.9 Å². The molecule has 0 aliphatic carbocycles. The zero-order valence-electron chi connectivity index (χ0n) is 18.6. The van der Waals surface area contributed by atoms with Crippen LogP contribution in [0.15, 0.2) is 41.5 Å². The first-order valence-electron chi connectivity index (χ1n) is 11.2. The summed E-state index contributed by atoms with van der Waals surface area (Å²) in [6.07, 6.45) is 4.66. The molecule has 1 saturated heterocycles. The summed E-state index contributed by atoms with van der Waals surface area (Å²) >= 11 is 0. The maximum Gasteiger partial charge on any atom is 0.327 e. The van der Waals surface area contributed by atoms with Gasteiger partial charge in [-0.2, -0.15) is 5.10 Å². The number of amides is 2. The van der Waals surface area contributed by atoms with Crippen LogP contribution in [0.4, 0.5) is 4.79 Å². The summed E-state index contributed by atoms with van der Waals surface area (Å²) in [7, 11) is 0. The van der Waals surface area contributed by atoms with E-state index in [9.17, 15) is 19.5 Å². The zero-order valence-corrected chi connectivity index (χ0v) is 18.6. The van der Waals surface area contributed by atoms with Gasteiger partial charge < -0.3 is 15.3 Å². The van der Waals surface area contributed by atoms with Crippen LogP contribution >= 0.6 is 0 Å². The molecule has 0 bridgehead atoms. The maximum absolute atomic E-state index is 12.9. The molecule has 176 valence electrons. The number of pyridine rings is 1. The lowest BCUT2D eigenvalue weighted by Crippen LogP contribution is -2.51. The van der Waals surface area contributed by atoms with Gasteiger partial charge in [-0.15, -0.1) is 0 Å². The molecule has 5 rings (SSSR count). The molecule has 1 aliphatic rings. The molecular formula is C23H25N7O4. The van der Waals surface area contributed by atoms with Gasteiger partial charge >= 0.3 is 17.7 Å². The molecule has 1 aromatic carbocycles. The summed E-state index contributed by atoms with van der Waals surface area (Å²) in [5.74, 6) is -1.09. The number of nitrogens with one attached hydrogen (secondary N) is 3. The van der Waals surface area contributed by atoms with Gasteiger partial charge in [-0.1, -0.05) is 6.07 Å². The number of H-pyrrole nitrogens is 2. The molecule has 4 aromatic rings. The van der Waals surface area contributed by atoms with E-state index in [2.05, 4.69) is 25.5 Å². The number of aryl methyl sites for hydroxylation is 1. The van der Waals surface area contributed by atoms with E-state index in [1.165, 1.54) is 0 Å². The van der Waals surface area contributed by atoms with Crippen molar-refractivity contribution in [1.82, 2.24) is 34.9 Å². The average Bonchev–Trinajstić information content (AvgIpc) is 3.42. The average molecular weight is 463 g/mol. The van der Waals surface area contributed by atoms with Crippen molar-refractivity contribution in [2.24, 2.45) is 0 Å². The van der Waals surface area contributed by atoms with Gasteiger partial charge in [0.05, 0.1) is 17.2 Å². The van der Waals surface area contributed by atoms with Crippen LogP contribution in [-0.2, 0) is 11.2 Å². The fourth-order valence-corrected chi connectivity index (χ4v) is 4.75. The molecule has 0 radical (unpaired) electrons. The fraction of sp³-hybridized carbons (Fsp3) is 0.348. The topological polar surface area (TPSA) is 149 Å². The summed E-state index contributed by atoms with van der Waals surface area (Å²) in [4.78, 5) is 45.8. The number of carboxylic acid groups (broad SMARTS) is 1. The Morgan fingerprint density at radius 2 is 2.09 bits per heavy atom. The molecule has 3 aromatic heterocycles. The van der Waals surface area contributed by atoms with E-state index < -0.39 is 18.0 Å². The second-order valence-corrected chi connectivity index (χ2v) is 8.68. The number of rotatable bonds is 5. The number of fused-ring (bicyclic) bond motifs is 2. The highest BCUT2D eigenvalue weighted by molar-refractivity contribution is 5.84. The molecule has 11 nitrogen and oxygen atoms in total. The lowest BCUT2D eigenvalue weighted by atomic mass is 10.0. The quantitative estimate of drug-likeness (QED) is 0.355. The summed E-state index contributed by atoms with van der Waals surface area (Å²) < 4.78 is 1.70. The van der Waals surface area contributed by atoms with E-state index in [-0.39, 0.29) is 18.2 Å². The van der Waals surface area contributed by atoms with Crippen molar-refractivity contribution in [2.45, 2.75) is 38.3 Å². The third-order valence-corrected chi connectivity index (χ3v) is 6.45. The summed E-state index contributed by atoms with van der Waals surface area (Å²) in [6, 6.07) is 5.88. The van der Waals surface area contributed by atoms with Crippen molar-refractivity contribution in [1.29, 1.82) is 0 Å². The number of imidazole rings is 1. The van der Waals surface area contributed by atoms with E-state index in [1.807, 2.05) is 25.1 Å². The van der Waals surface area contributed by atoms with Crippen molar-refractivity contribution in [3.63, 3.8) is 0 Å². The van der Waals surface area contributed by atoms with Gasteiger partial charge in [0.2, 0.25) is 0 Å². The molecule has 11 heteroatoms. The van der Waals surface area contributed by atoms with E-state index in [4.69, 9.17) is 0 Å². The number of aromatic nitrogens is 5. The van der Waals surface area contributed by atoms with Crippen LogP contribution < -0.4 is 11.0 Å². The van der Waals surface area contributed by atoms with Crippen LogP contribution in [0, 0.1) is 6.92 Å². The second-order valence-electron chi connectivity index (χ2n) is 8.68. The first-order chi connectivity index (χ1) is 16.4. The third-order valence-electron chi connectivity index (χ3n) is 6.45. The monoisotopic (exact) mass is 463 g/mol. The van der Waals surface area contributed by atoms with E-state index in [0.717, 1.165) is 27.5 Å². The number of aliphatic carboxylic acids is 1. The summed E-state index contributed by atoms with van der Waals surface area (Å²) in [5.41, 5.74) is 3.75. The van der Waals surface area contributed by atoms with Gasteiger partial charge in [0.25, 0.3) is 0 Å². The van der Waals surface area contributed by atoms with Crippen molar-refractivity contribution in [3.8, 4) is 0 Å². The van der Waals surface area contributed by atoms with Crippen LogP contribution in [0.2, 0.25) is 0 Å². The van der Waals surface area contributed by atoms with Crippen molar-refractivity contribution < 1.29 is 14.7 Å². The maximum atomic E-state index is 12.9. The largest absolute Gasteiger partial charge is 0.480 e. The number of hydrogen-bond acceptors (Lipinski definition) is 5. The van der Waals surface area contributed by atoms with Crippen LogP contribution in [0.3, 0.4) is 0 Å². The van der Waals surface area contributed by atoms with E-state index in [1.54, 1.807) is 27.9 Å². The smallest absolute Gasteiger partial charge is 0.327 e. The van der Waals surface area contributed by atoms with Crippen LogP contribution in [0.25, 0.3) is 22.1 Å². The van der Waals surface area contributed by atoms with Gasteiger partial charge in [-0.3, -0.25) is 14.6 Å². The van der Waals surface area contributed by atoms with Crippen molar-refractivity contribution >= 4 is 34.1 Å². The highest BCUT2D eigenvalue weighted by Crippen LogP contribution is 2.24. The minimum atomic E-state index is -1.09. The van der Waals surface area contributed by atoms with Gasteiger partial charge in [0.1, 0.15) is 6.04 Å². The molecule has 0 saturated carbocycles. The SMILES string of the molecule is Cc1cc(C[C@@H](NC(=O)N2CCC(n3c(=O)[nH]c4ncccc43)CC2)C(=O)O)cc2cn[nH]c12. The van der Waals surface area contributed by atoms with Gasteiger partial charge in [-0.25, -0.2) is 19.4 Å². The highest BCUT2D eigenvalue weighted by atomic mass is 16.4. The normalized spacial score (nSPS) is 15.6. The Hall–Kier alpha value is -4.15. The predicted octanol–water partition coefficient (Wildman–Crippen LogP) is 1.95. The van der Waals surface area contributed by atoms with Crippen molar-refractivity contribution in [3.05, 3.63) is 58.3 Å². The molecule has 34 heavy (non-hydrogen) atoms. The Morgan fingerprint density at radius 1 is 1.29 bits per heavy atom. The van der Waals surface area contributed by atoms with Gasteiger partial charge in [0.15, 0.2) is 5.65 Å². The Labute approximate surface area is 193 Å². The zero-order chi connectivity index (χ0) is 23.8. The molecule has 4 heterocycles. The molecule has 1 atom stereocenters. The van der Waals surface area contributed by atoms with Crippen LogP contribution in [0.1, 0.15) is 30.0 Å². The Morgan fingerprint density at radius 3 is 2.85 bits per heavy atom. The second kappa shape index (κ2) is 8.65. The Kier molecular flexibility index (Phi) is 5.52. The van der Waals surface area contributed by atoms with Gasteiger partial charge in [0, 0.05) is 37.1 Å². The molecule has 2 amide bonds. The molecule has 0 unspecified atom stereocenters. The van der Waals surface area contributed by atoms with Gasteiger partial charge in [-0.05, 0) is 49.1 Å². The number of nitrogens with zero attached hydrogens (tertiary/aromatic N) is 4. The number of piperidine rings is 1. The Bertz CT molecular complexity index is 1430. The number of aromatic amines is 2. The summed E-state index contributed by atoms with van der Waals surface area (Å²) in [6.45, 7) is 2.77. The Balaban J connectivity index is 1.24. The summed E-state index contributed by atoms with van der Waals surface area (Å²) in [5, 5.41) is 20.2. The number of benzene rings is 1. The minimum absolute atomic E-state index is 0.0607. The molecule has 1 fully saturated rings.